The number of benzene rings is 1. The van der Waals surface area contributed by atoms with E-state index >= 15 is 0 Å². The molecule has 2 N–H and O–H groups in total. The zero-order chi connectivity index (χ0) is 18.0. The van der Waals surface area contributed by atoms with Crippen molar-refractivity contribution >= 4 is 23.3 Å². The Bertz CT molecular complexity index is 839. The van der Waals surface area contributed by atoms with Crippen molar-refractivity contribution in [3.8, 4) is 5.69 Å². The summed E-state index contributed by atoms with van der Waals surface area (Å²) in [7, 11) is 0. The fraction of sp³-hybridized carbons (Fsp3) is 0.267. The van der Waals surface area contributed by atoms with Gasteiger partial charge in [0.05, 0.1) is 11.9 Å². The second-order valence-electron chi connectivity index (χ2n) is 5.39. The monoisotopic (exact) mass is 357 g/mol. The maximum atomic E-state index is 13.8. The minimum atomic E-state index is -1.12. The maximum Gasteiger partial charge on any atom is 0.326 e. The molecule has 0 radical (unpaired) electrons. The number of aromatic nitrogens is 2. The molecule has 9 heteroatoms. The van der Waals surface area contributed by atoms with E-state index in [2.05, 4.69) is 10.4 Å². The minimum absolute atomic E-state index is 0.0153. The Balaban J connectivity index is 2.46. The fourth-order valence-corrected chi connectivity index (χ4v) is 2.22. The number of nitrogens with zero attached hydrogens (tertiary/aromatic N) is 2. The van der Waals surface area contributed by atoms with Crippen LogP contribution in [-0.2, 0) is 4.79 Å². The first kappa shape index (κ1) is 17.9. The highest BCUT2D eigenvalue weighted by molar-refractivity contribution is 6.33. The molecule has 0 saturated heterocycles. The highest BCUT2D eigenvalue weighted by Crippen LogP contribution is 2.20. The Morgan fingerprint density at radius 2 is 2.04 bits per heavy atom. The molecule has 24 heavy (non-hydrogen) atoms. The molecule has 0 amide bonds. The van der Waals surface area contributed by atoms with E-state index in [4.69, 9.17) is 16.7 Å². The lowest BCUT2D eigenvalue weighted by molar-refractivity contribution is -0.138. The van der Waals surface area contributed by atoms with E-state index in [-0.39, 0.29) is 22.3 Å². The minimum Gasteiger partial charge on any atom is -0.480 e. The highest BCUT2D eigenvalue weighted by Gasteiger charge is 2.23. The number of halogens is 3. The molecule has 1 aromatic carbocycles. The van der Waals surface area contributed by atoms with Gasteiger partial charge < -0.3 is 10.4 Å². The van der Waals surface area contributed by atoms with Crippen molar-refractivity contribution in [3.63, 3.8) is 0 Å². The smallest absolute Gasteiger partial charge is 0.326 e. The summed E-state index contributed by atoms with van der Waals surface area (Å²) in [6.45, 7) is 3.37. The zero-order valence-corrected chi connectivity index (χ0v) is 13.5. The van der Waals surface area contributed by atoms with Gasteiger partial charge in [0, 0.05) is 6.07 Å². The molecule has 128 valence electrons. The summed E-state index contributed by atoms with van der Waals surface area (Å²) in [5.74, 6) is -3.17. The van der Waals surface area contributed by atoms with Crippen LogP contribution in [0.2, 0.25) is 5.02 Å². The standard InChI is InChI=1S/C15H14ClF2N3O3/c1-7(2)13(15(23)24)20-10-6-19-21(14(22)12(10)16)11-4-3-8(17)5-9(11)18/h3-7,13,20H,1-2H3,(H,23,24)/t13-/m0/s1. The van der Waals surface area contributed by atoms with E-state index in [1.807, 2.05) is 0 Å². The molecule has 0 aliphatic rings. The van der Waals surface area contributed by atoms with Crippen molar-refractivity contribution in [2.45, 2.75) is 19.9 Å². The van der Waals surface area contributed by atoms with Crippen molar-refractivity contribution in [3.05, 3.63) is 51.4 Å². The number of nitrogens with one attached hydrogen (secondary N) is 1. The topological polar surface area (TPSA) is 84.2 Å². The summed E-state index contributed by atoms with van der Waals surface area (Å²) < 4.78 is 27.4. The SMILES string of the molecule is CC(C)[C@H](Nc1cnn(-c2ccc(F)cc2F)c(=O)c1Cl)C(=O)O. The molecular formula is C15H14ClF2N3O3. The Hall–Kier alpha value is -2.48. The third-order valence-corrected chi connectivity index (χ3v) is 3.67. The largest absolute Gasteiger partial charge is 0.480 e. The average Bonchev–Trinajstić information content (AvgIpc) is 2.49. The predicted molar refractivity (Wildman–Crippen MR) is 84.6 cm³/mol. The molecule has 0 saturated carbocycles. The van der Waals surface area contributed by atoms with Crippen molar-refractivity contribution in [2.75, 3.05) is 5.32 Å². The summed E-state index contributed by atoms with van der Waals surface area (Å²) in [6, 6.07) is 1.66. The Morgan fingerprint density at radius 3 is 2.58 bits per heavy atom. The van der Waals surface area contributed by atoms with E-state index in [0.717, 1.165) is 18.3 Å². The Kier molecular flexibility index (Phi) is 5.18. The fourth-order valence-electron chi connectivity index (χ4n) is 2.04. The van der Waals surface area contributed by atoms with Gasteiger partial charge in [0.1, 0.15) is 22.6 Å². The zero-order valence-electron chi connectivity index (χ0n) is 12.8. The lowest BCUT2D eigenvalue weighted by atomic mass is 10.0. The summed E-state index contributed by atoms with van der Waals surface area (Å²) in [6.07, 6.45) is 1.12. The number of rotatable bonds is 5. The molecule has 1 heterocycles. The predicted octanol–water partition coefficient (Wildman–Crippen LogP) is 2.69. The molecule has 6 nitrogen and oxygen atoms in total. The van der Waals surface area contributed by atoms with E-state index < -0.39 is 29.2 Å². The molecule has 0 aliphatic heterocycles. The molecule has 0 unspecified atom stereocenters. The molecule has 0 fully saturated rings. The van der Waals surface area contributed by atoms with Crippen LogP contribution in [0.4, 0.5) is 14.5 Å². The number of carboxylic acids is 1. The first-order chi connectivity index (χ1) is 11.2. The number of hydrogen-bond acceptors (Lipinski definition) is 4. The van der Waals surface area contributed by atoms with Crippen molar-refractivity contribution in [2.24, 2.45) is 5.92 Å². The normalized spacial score (nSPS) is 12.2. The first-order valence-electron chi connectivity index (χ1n) is 6.95. The van der Waals surface area contributed by atoms with Crippen molar-refractivity contribution in [1.29, 1.82) is 0 Å². The van der Waals surface area contributed by atoms with Gasteiger partial charge in [-0.15, -0.1) is 0 Å². The van der Waals surface area contributed by atoms with E-state index in [0.29, 0.717) is 10.7 Å². The average molecular weight is 358 g/mol. The van der Waals surface area contributed by atoms with Gasteiger partial charge in [-0.25, -0.2) is 13.6 Å². The molecule has 0 bridgehead atoms. The van der Waals surface area contributed by atoms with E-state index in [1.165, 1.54) is 0 Å². The van der Waals surface area contributed by atoms with Gasteiger partial charge in [0.15, 0.2) is 5.82 Å². The lowest BCUT2D eigenvalue weighted by Crippen LogP contribution is -2.35. The van der Waals surface area contributed by atoms with Gasteiger partial charge >= 0.3 is 5.97 Å². The van der Waals surface area contributed by atoms with Crippen LogP contribution in [0.5, 0.6) is 0 Å². The molecule has 2 rings (SSSR count). The van der Waals surface area contributed by atoms with Crippen LogP contribution < -0.4 is 10.9 Å². The number of anilines is 1. The van der Waals surface area contributed by atoms with Gasteiger partial charge in [0.2, 0.25) is 0 Å². The molecule has 1 atom stereocenters. The Morgan fingerprint density at radius 1 is 1.38 bits per heavy atom. The maximum absolute atomic E-state index is 13.8. The van der Waals surface area contributed by atoms with Crippen LogP contribution in [-0.4, -0.2) is 26.9 Å². The number of carbonyl (C=O) groups is 1. The molecule has 0 aliphatic carbocycles. The van der Waals surface area contributed by atoms with Gasteiger partial charge in [-0.3, -0.25) is 4.79 Å². The third kappa shape index (κ3) is 3.53. The highest BCUT2D eigenvalue weighted by atomic mass is 35.5. The van der Waals surface area contributed by atoms with Crippen molar-refractivity contribution < 1.29 is 18.7 Å². The van der Waals surface area contributed by atoms with Gasteiger partial charge in [-0.2, -0.15) is 9.78 Å². The quantitative estimate of drug-likeness (QED) is 0.859. The molecule has 0 spiro atoms. The van der Waals surface area contributed by atoms with Crippen LogP contribution in [0.3, 0.4) is 0 Å². The van der Waals surface area contributed by atoms with Crippen LogP contribution in [0, 0.1) is 17.6 Å². The van der Waals surface area contributed by atoms with E-state index in [9.17, 15) is 18.4 Å². The third-order valence-electron chi connectivity index (χ3n) is 3.30. The van der Waals surface area contributed by atoms with Crippen LogP contribution in [0.1, 0.15) is 13.8 Å². The lowest BCUT2D eigenvalue weighted by Gasteiger charge is -2.19. The van der Waals surface area contributed by atoms with Gasteiger partial charge in [0.25, 0.3) is 5.56 Å². The van der Waals surface area contributed by atoms with E-state index in [1.54, 1.807) is 13.8 Å². The number of carboxylic acid groups (broad SMARTS) is 1. The molecule has 2 aromatic rings. The summed E-state index contributed by atoms with van der Waals surface area (Å²) in [5.41, 5.74) is -1.12. The molecule has 1 aromatic heterocycles. The first-order valence-corrected chi connectivity index (χ1v) is 7.32. The van der Waals surface area contributed by atoms with Crippen LogP contribution in [0.15, 0.2) is 29.2 Å². The second-order valence-corrected chi connectivity index (χ2v) is 5.77. The van der Waals surface area contributed by atoms with Crippen LogP contribution in [0.25, 0.3) is 5.69 Å². The van der Waals surface area contributed by atoms with Gasteiger partial charge in [-0.1, -0.05) is 25.4 Å². The summed E-state index contributed by atoms with van der Waals surface area (Å²) in [4.78, 5) is 23.5. The second kappa shape index (κ2) is 6.96. The summed E-state index contributed by atoms with van der Waals surface area (Å²) in [5, 5.41) is 15.2. The van der Waals surface area contributed by atoms with Crippen molar-refractivity contribution in [1.82, 2.24) is 9.78 Å². The Labute approximate surface area is 140 Å². The summed E-state index contributed by atoms with van der Waals surface area (Å²) >= 11 is 5.96. The van der Waals surface area contributed by atoms with Gasteiger partial charge in [-0.05, 0) is 18.1 Å². The molecular weight excluding hydrogens is 344 g/mol. The van der Waals surface area contributed by atoms with Crippen LogP contribution >= 0.6 is 11.6 Å². The number of aliphatic carboxylic acids is 1. The number of hydrogen-bond donors (Lipinski definition) is 2.